The average molecular weight is 579 g/mol. The number of ether oxygens (including phenoxy) is 4. The predicted octanol–water partition coefficient (Wildman–Crippen LogP) is 4.92. The van der Waals surface area contributed by atoms with E-state index in [1.807, 2.05) is 27.7 Å². The first-order valence-corrected chi connectivity index (χ1v) is 15.2. The fourth-order valence-corrected chi connectivity index (χ4v) is 8.07. The summed E-state index contributed by atoms with van der Waals surface area (Å²) < 4.78 is 23.9. The first kappa shape index (κ1) is 33.1. The van der Waals surface area contributed by atoms with E-state index < -0.39 is 53.3 Å². The molecule has 41 heavy (non-hydrogen) atoms. The molecule has 0 spiro atoms. The summed E-state index contributed by atoms with van der Waals surface area (Å²) in [7, 11) is 0. The summed E-state index contributed by atoms with van der Waals surface area (Å²) in [6.45, 7) is 16.6. The first-order chi connectivity index (χ1) is 19.1. The van der Waals surface area contributed by atoms with Gasteiger partial charge in [-0.25, -0.2) is 0 Å². The maximum absolute atomic E-state index is 13.0. The molecule has 0 aromatic rings. The Morgan fingerprint density at radius 2 is 1.46 bits per heavy atom. The van der Waals surface area contributed by atoms with Gasteiger partial charge in [-0.3, -0.25) is 19.2 Å². The Labute approximate surface area is 244 Å². The molecule has 3 aliphatic rings. The Bertz CT molecular complexity index is 1030. The number of fused-ring (bicyclic) bond motifs is 3. The van der Waals surface area contributed by atoms with Gasteiger partial charge in [0.2, 0.25) is 0 Å². The number of hydrogen-bond acceptors (Lipinski definition) is 9. The van der Waals surface area contributed by atoms with Crippen LogP contribution in [0.15, 0.2) is 11.6 Å². The second kappa shape index (κ2) is 12.8. The largest absolute Gasteiger partial charge is 0.462 e. The molecule has 0 radical (unpaired) electrons. The van der Waals surface area contributed by atoms with E-state index in [1.54, 1.807) is 0 Å². The van der Waals surface area contributed by atoms with Crippen LogP contribution in [0.5, 0.6) is 0 Å². The monoisotopic (exact) mass is 578 g/mol. The molecule has 2 fully saturated rings. The molecule has 0 aliphatic heterocycles. The second-order valence-corrected chi connectivity index (χ2v) is 13.3. The Morgan fingerprint density at radius 3 is 1.98 bits per heavy atom. The molecule has 3 aliphatic carbocycles. The van der Waals surface area contributed by atoms with Crippen molar-refractivity contribution in [3.63, 3.8) is 0 Å². The van der Waals surface area contributed by atoms with Gasteiger partial charge >= 0.3 is 23.9 Å². The molecule has 0 unspecified atom stereocenters. The molecular weight excluding hydrogens is 528 g/mol. The lowest BCUT2D eigenvalue weighted by atomic mass is 9.49. The molecule has 0 bridgehead atoms. The maximum Gasteiger partial charge on any atom is 0.306 e. The van der Waals surface area contributed by atoms with Crippen molar-refractivity contribution in [1.29, 1.82) is 0 Å². The minimum atomic E-state index is -1.33. The normalized spacial score (nSPS) is 38.2. The molecule has 3 rings (SSSR count). The van der Waals surface area contributed by atoms with Crippen LogP contribution in [0.3, 0.4) is 0 Å². The summed E-state index contributed by atoms with van der Waals surface area (Å²) in [6, 6.07) is 0. The zero-order valence-corrected chi connectivity index (χ0v) is 26.2. The van der Waals surface area contributed by atoms with Gasteiger partial charge in [-0.05, 0) is 55.9 Å². The van der Waals surface area contributed by atoms with Crippen LogP contribution in [0, 0.1) is 34.5 Å². The van der Waals surface area contributed by atoms with Crippen molar-refractivity contribution in [3.8, 4) is 0 Å². The van der Waals surface area contributed by atoms with Gasteiger partial charge in [0.1, 0.15) is 24.4 Å². The molecule has 0 aromatic heterocycles. The molecule has 0 aromatic carbocycles. The van der Waals surface area contributed by atoms with Crippen LogP contribution in [0.2, 0.25) is 0 Å². The fraction of sp³-hybridized carbons (Fsp3) is 0.812. The summed E-state index contributed by atoms with van der Waals surface area (Å²) in [5.74, 6) is -2.10. The van der Waals surface area contributed by atoms with Gasteiger partial charge in [0.05, 0.1) is 0 Å². The van der Waals surface area contributed by atoms with Gasteiger partial charge in [0.15, 0.2) is 6.10 Å². The molecule has 1 N–H and O–H groups in total. The van der Waals surface area contributed by atoms with Crippen LogP contribution >= 0.6 is 0 Å². The third kappa shape index (κ3) is 6.50. The smallest absolute Gasteiger partial charge is 0.306 e. The van der Waals surface area contributed by atoms with Gasteiger partial charge < -0.3 is 24.1 Å². The van der Waals surface area contributed by atoms with Gasteiger partial charge in [0, 0.05) is 43.4 Å². The number of carbonyl (C=O) groups excluding carboxylic acids is 4. The van der Waals surface area contributed by atoms with E-state index in [-0.39, 0.29) is 48.5 Å². The predicted molar refractivity (Wildman–Crippen MR) is 151 cm³/mol. The van der Waals surface area contributed by atoms with Crippen LogP contribution in [-0.2, 0) is 38.1 Å². The standard InChI is InChI=1S/C32H50O9/c1-10-12-24(35)40-23-16-31(8)21(27-26(17(3)4)22(38-19(6)33)15-32(23,27)9)14-18(5)29(39-20(7)34)28(37)30(31)41-25(36)13-11-2/h14,17,21-23,26-30,37H,10-13,15-16H2,1-9H3/t21-,22+,23+,26+,27+,28+,29+,30-,31-,32+/m0/s1. The molecule has 0 amide bonds. The van der Waals surface area contributed by atoms with E-state index in [0.717, 1.165) is 0 Å². The SMILES string of the molecule is CCCC(=O)O[C@@H]1C[C@@]2(C)[C@@H](C=C(C)[C@@H](OC(C)=O)[C@@H](O)[C@@H]2OC(=O)CCC)[C@@H]2[C@H](C(C)C)[C@H](OC(C)=O)C[C@@]21C. The minimum Gasteiger partial charge on any atom is -0.462 e. The summed E-state index contributed by atoms with van der Waals surface area (Å²) in [6.07, 6.45) is 0.188. The molecule has 9 nitrogen and oxygen atoms in total. The number of esters is 4. The van der Waals surface area contributed by atoms with E-state index in [1.165, 1.54) is 13.8 Å². The number of aliphatic hydroxyl groups excluding tert-OH is 1. The fourth-order valence-electron chi connectivity index (χ4n) is 8.07. The van der Waals surface area contributed by atoms with Crippen molar-refractivity contribution < 1.29 is 43.2 Å². The van der Waals surface area contributed by atoms with E-state index in [9.17, 15) is 24.3 Å². The van der Waals surface area contributed by atoms with Crippen molar-refractivity contribution >= 4 is 23.9 Å². The molecule has 0 saturated heterocycles. The minimum absolute atomic E-state index is 0.0978. The Balaban J connectivity index is 2.27. The van der Waals surface area contributed by atoms with Crippen molar-refractivity contribution in [1.82, 2.24) is 0 Å². The molecule has 10 atom stereocenters. The number of rotatable bonds is 9. The first-order valence-electron chi connectivity index (χ1n) is 15.2. The summed E-state index contributed by atoms with van der Waals surface area (Å²) in [4.78, 5) is 50.3. The topological polar surface area (TPSA) is 125 Å². The molecular formula is C32H50O9. The Hall–Kier alpha value is -2.42. The summed E-state index contributed by atoms with van der Waals surface area (Å²) >= 11 is 0. The molecule has 232 valence electrons. The summed E-state index contributed by atoms with van der Waals surface area (Å²) in [5, 5.41) is 11.8. The lowest BCUT2D eigenvalue weighted by Crippen LogP contribution is -2.61. The number of carbonyl (C=O) groups is 4. The molecule has 0 heterocycles. The number of allylic oxidation sites excluding steroid dienone is 1. The zero-order valence-electron chi connectivity index (χ0n) is 26.2. The van der Waals surface area contributed by atoms with Crippen molar-refractivity contribution in [2.45, 2.75) is 131 Å². The van der Waals surface area contributed by atoms with E-state index in [0.29, 0.717) is 31.3 Å². The van der Waals surface area contributed by atoms with Crippen molar-refractivity contribution in [3.05, 3.63) is 11.6 Å². The zero-order chi connectivity index (χ0) is 30.9. The van der Waals surface area contributed by atoms with Crippen LogP contribution in [0.1, 0.15) is 101 Å². The van der Waals surface area contributed by atoms with Crippen LogP contribution in [0.25, 0.3) is 0 Å². The van der Waals surface area contributed by atoms with Gasteiger partial charge in [-0.1, -0.05) is 47.6 Å². The average Bonchev–Trinajstić information content (AvgIpc) is 3.12. The van der Waals surface area contributed by atoms with Crippen molar-refractivity contribution in [2.75, 3.05) is 0 Å². The number of aliphatic hydroxyl groups is 1. The summed E-state index contributed by atoms with van der Waals surface area (Å²) in [5.41, 5.74) is -0.789. The maximum atomic E-state index is 13.0. The van der Waals surface area contributed by atoms with Gasteiger partial charge in [-0.15, -0.1) is 0 Å². The number of hydrogen-bond donors (Lipinski definition) is 1. The highest BCUT2D eigenvalue weighted by molar-refractivity contribution is 5.70. The Morgan fingerprint density at radius 1 is 0.902 bits per heavy atom. The van der Waals surface area contributed by atoms with Crippen LogP contribution in [0.4, 0.5) is 0 Å². The third-order valence-corrected chi connectivity index (χ3v) is 9.74. The van der Waals surface area contributed by atoms with Crippen LogP contribution in [-0.4, -0.2) is 59.5 Å². The van der Waals surface area contributed by atoms with Crippen LogP contribution < -0.4 is 0 Å². The Kier molecular flexibility index (Phi) is 10.4. The molecule has 9 heteroatoms. The van der Waals surface area contributed by atoms with E-state index in [4.69, 9.17) is 18.9 Å². The highest BCUT2D eigenvalue weighted by Gasteiger charge is 2.69. The van der Waals surface area contributed by atoms with E-state index >= 15 is 0 Å². The van der Waals surface area contributed by atoms with Gasteiger partial charge in [-0.2, -0.15) is 0 Å². The van der Waals surface area contributed by atoms with Crippen molar-refractivity contribution in [2.24, 2.45) is 34.5 Å². The van der Waals surface area contributed by atoms with Gasteiger partial charge in [0.25, 0.3) is 0 Å². The lowest BCUT2D eigenvalue weighted by molar-refractivity contribution is -0.212. The quantitative estimate of drug-likeness (QED) is 0.230. The molecule has 2 saturated carbocycles. The highest BCUT2D eigenvalue weighted by Crippen LogP contribution is 2.67. The van der Waals surface area contributed by atoms with E-state index in [2.05, 4.69) is 26.8 Å². The highest BCUT2D eigenvalue weighted by atomic mass is 16.6. The third-order valence-electron chi connectivity index (χ3n) is 9.74. The lowest BCUT2D eigenvalue weighted by Gasteiger charge is -2.57. The second-order valence-electron chi connectivity index (χ2n) is 13.3.